The number of fused-ring (bicyclic) bond motifs is 1. The number of nitrogens with two attached hydrogens (primary N) is 2. The van der Waals surface area contributed by atoms with Gasteiger partial charge in [0.05, 0.1) is 12.2 Å². The minimum atomic E-state index is 0.347. The molecule has 4 N–H and O–H groups in total. The first-order valence-electron chi connectivity index (χ1n) is 9.90. The van der Waals surface area contributed by atoms with E-state index in [1.54, 1.807) is 6.20 Å². The van der Waals surface area contributed by atoms with Crippen LogP contribution in [-0.4, -0.2) is 28.1 Å². The van der Waals surface area contributed by atoms with Crippen LogP contribution in [-0.2, 0) is 13.0 Å². The number of nitrogens with zero attached hydrogens (tertiary/aromatic N) is 4. The minimum Gasteiger partial charge on any atom is -0.491 e. The highest BCUT2D eigenvalue weighted by molar-refractivity contribution is 5.72. The third-order valence-corrected chi connectivity index (χ3v) is 5.03. The lowest BCUT2D eigenvalue weighted by Crippen LogP contribution is -2.26. The molecule has 1 aliphatic rings. The summed E-state index contributed by atoms with van der Waals surface area (Å²) in [6, 6.07) is 10.1. The Morgan fingerprint density at radius 3 is 2.76 bits per heavy atom. The molecule has 150 valence electrons. The monoisotopic (exact) mass is 390 g/mol. The van der Waals surface area contributed by atoms with Crippen molar-refractivity contribution >= 4 is 17.3 Å². The van der Waals surface area contributed by atoms with E-state index in [4.69, 9.17) is 16.2 Å². The van der Waals surface area contributed by atoms with Gasteiger partial charge in [0.2, 0.25) is 0 Å². The fraction of sp³-hybridized carbons (Fsp3) is 0.318. The maximum absolute atomic E-state index is 6.00. The molecular weight excluding hydrogens is 364 g/mol. The van der Waals surface area contributed by atoms with Crippen LogP contribution < -0.4 is 21.1 Å². The van der Waals surface area contributed by atoms with E-state index in [0.29, 0.717) is 24.7 Å². The Kier molecular flexibility index (Phi) is 5.20. The molecule has 3 heterocycles. The normalized spacial score (nSPS) is 13.5. The Hall–Kier alpha value is -3.35. The highest BCUT2D eigenvalue weighted by Gasteiger charge is 2.18. The van der Waals surface area contributed by atoms with Crippen molar-refractivity contribution in [3.05, 3.63) is 53.6 Å². The molecule has 0 aliphatic carbocycles. The number of hydrogen-bond donors (Lipinski definition) is 2. The van der Waals surface area contributed by atoms with E-state index in [-0.39, 0.29) is 0 Å². The SMILES string of the molecule is CCCc1cc(N2CCOc3ccc(-c4cnc(N)c(N)c4)cc3C2)nc(C)n1. The second-order valence-electron chi connectivity index (χ2n) is 7.31. The summed E-state index contributed by atoms with van der Waals surface area (Å²) in [5.74, 6) is 2.99. The van der Waals surface area contributed by atoms with Gasteiger partial charge < -0.3 is 21.1 Å². The quantitative estimate of drug-likeness (QED) is 0.704. The molecule has 29 heavy (non-hydrogen) atoms. The predicted octanol–water partition coefficient (Wildman–Crippen LogP) is 3.36. The molecule has 0 radical (unpaired) electrons. The van der Waals surface area contributed by atoms with Crippen LogP contribution in [0.15, 0.2) is 36.5 Å². The fourth-order valence-corrected chi connectivity index (χ4v) is 3.58. The molecule has 0 amide bonds. The second-order valence-corrected chi connectivity index (χ2v) is 7.31. The number of aromatic nitrogens is 3. The topological polar surface area (TPSA) is 103 Å². The van der Waals surface area contributed by atoms with E-state index >= 15 is 0 Å². The second kappa shape index (κ2) is 7.95. The third kappa shape index (κ3) is 4.08. The first-order chi connectivity index (χ1) is 14.0. The average molecular weight is 390 g/mol. The summed E-state index contributed by atoms with van der Waals surface area (Å²) in [7, 11) is 0. The number of hydrogen-bond acceptors (Lipinski definition) is 7. The van der Waals surface area contributed by atoms with E-state index in [2.05, 4.69) is 38.9 Å². The zero-order valence-corrected chi connectivity index (χ0v) is 16.9. The molecule has 0 saturated heterocycles. The van der Waals surface area contributed by atoms with Gasteiger partial charge in [0.15, 0.2) is 0 Å². The molecule has 4 rings (SSSR count). The van der Waals surface area contributed by atoms with Gasteiger partial charge in [-0.05, 0) is 37.1 Å². The van der Waals surface area contributed by atoms with Gasteiger partial charge >= 0.3 is 0 Å². The van der Waals surface area contributed by atoms with Crippen molar-refractivity contribution in [2.45, 2.75) is 33.2 Å². The lowest BCUT2D eigenvalue weighted by Gasteiger charge is -2.22. The van der Waals surface area contributed by atoms with Crippen LogP contribution in [0.5, 0.6) is 5.75 Å². The molecular formula is C22H26N6O. The van der Waals surface area contributed by atoms with Gasteiger partial charge in [-0.25, -0.2) is 15.0 Å². The van der Waals surface area contributed by atoms with Crippen LogP contribution in [0.2, 0.25) is 0 Å². The number of pyridine rings is 1. The van der Waals surface area contributed by atoms with E-state index in [0.717, 1.165) is 59.2 Å². The molecule has 0 saturated carbocycles. The zero-order chi connectivity index (χ0) is 20.4. The number of ether oxygens (including phenoxy) is 1. The molecule has 0 unspecified atom stereocenters. The molecule has 0 fully saturated rings. The maximum Gasteiger partial charge on any atom is 0.146 e. The van der Waals surface area contributed by atoms with Crippen molar-refractivity contribution in [2.75, 3.05) is 29.5 Å². The van der Waals surface area contributed by atoms with Crippen molar-refractivity contribution in [3.63, 3.8) is 0 Å². The van der Waals surface area contributed by atoms with E-state index < -0.39 is 0 Å². The lowest BCUT2D eigenvalue weighted by molar-refractivity contribution is 0.331. The summed E-state index contributed by atoms with van der Waals surface area (Å²) in [5.41, 5.74) is 16.3. The van der Waals surface area contributed by atoms with Crippen molar-refractivity contribution in [3.8, 4) is 16.9 Å². The van der Waals surface area contributed by atoms with Gasteiger partial charge in [-0.1, -0.05) is 19.4 Å². The van der Waals surface area contributed by atoms with Gasteiger partial charge in [-0.3, -0.25) is 0 Å². The fourth-order valence-electron chi connectivity index (χ4n) is 3.58. The maximum atomic E-state index is 6.00. The summed E-state index contributed by atoms with van der Waals surface area (Å²) in [6.07, 6.45) is 3.75. The Bertz CT molecular complexity index is 1040. The highest BCUT2D eigenvalue weighted by atomic mass is 16.5. The Labute approximate surface area is 170 Å². The largest absolute Gasteiger partial charge is 0.491 e. The number of aryl methyl sites for hydroxylation is 2. The first-order valence-corrected chi connectivity index (χ1v) is 9.90. The molecule has 0 atom stereocenters. The summed E-state index contributed by atoms with van der Waals surface area (Å²) in [4.78, 5) is 15.7. The van der Waals surface area contributed by atoms with Crippen LogP contribution in [0.1, 0.15) is 30.4 Å². The molecule has 7 nitrogen and oxygen atoms in total. The Morgan fingerprint density at radius 1 is 1.10 bits per heavy atom. The van der Waals surface area contributed by atoms with Crippen molar-refractivity contribution in [1.29, 1.82) is 0 Å². The van der Waals surface area contributed by atoms with Gasteiger partial charge in [0.25, 0.3) is 0 Å². The molecule has 1 aromatic carbocycles. The van der Waals surface area contributed by atoms with Gasteiger partial charge in [-0.2, -0.15) is 0 Å². The number of rotatable bonds is 4. The van der Waals surface area contributed by atoms with E-state index in [1.165, 1.54) is 0 Å². The van der Waals surface area contributed by atoms with Crippen LogP contribution >= 0.6 is 0 Å². The van der Waals surface area contributed by atoms with Crippen LogP contribution in [0.4, 0.5) is 17.3 Å². The van der Waals surface area contributed by atoms with Crippen molar-refractivity contribution < 1.29 is 4.74 Å². The molecule has 0 bridgehead atoms. The van der Waals surface area contributed by atoms with Crippen LogP contribution in [0, 0.1) is 6.92 Å². The highest BCUT2D eigenvalue weighted by Crippen LogP contribution is 2.31. The van der Waals surface area contributed by atoms with Crippen LogP contribution in [0.3, 0.4) is 0 Å². The number of anilines is 3. The number of benzene rings is 1. The Balaban J connectivity index is 1.67. The molecule has 0 spiro atoms. The standard InChI is InChI=1S/C22H26N6O/c1-3-4-18-11-21(27-14(2)26-18)28-7-8-29-20-6-5-15(9-17(20)13-28)16-10-19(23)22(24)25-12-16/h5-6,9-12H,3-4,7-8,13,23H2,1-2H3,(H2,24,25). The summed E-state index contributed by atoms with van der Waals surface area (Å²) in [6.45, 7) is 6.19. The van der Waals surface area contributed by atoms with Crippen LogP contribution in [0.25, 0.3) is 11.1 Å². The van der Waals surface area contributed by atoms with Gasteiger partial charge in [0.1, 0.15) is 29.8 Å². The summed E-state index contributed by atoms with van der Waals surface area (Å²) >= 11 is 0. The number of nitrogen functional groups attached to an aromatic ring is 2. The third-order valence-electron chi connectivity index (χ3n) is 5.03. The van der Waals surface area contributed by atoms with Gasteiger partial charge in [0, 0.05) is 35.6 Å². The molecule has 7 heteroatoms. The summed E-state index contributed by atoms with van der Waals surface area (Å²) in [5, 5.41) is 0. The van der Waals surface area contributed by atoms with E-state index in [9.17, 15) is 0 Å². The predicted molar refractivity (Wildman–Crippen MR) is 116 cm³/mol. The minimum absolute atomic E-state index is 0.347. The average Bonchev–Trinajstić information content (AvgIpc) is 2.92. The van der Waals surface area contributed by atoms with Crippen molar-refractivity contribution in [2.24, 2.45) is 0 Å². The summed E-state index contributed by atoms with van der Waals surface area (Å²) < 4.78 is 6.00. The van der Waals surface area contributed by atoms with Gasteiger partial charge in [-0.15, -0.1) is 0 Å². The molecule has 2 aromatic heterocycles. The first kappa shape index (κ1) is 19.0. The Morgan fingerprint density at radius 2 is 1.97 bits per heavy atom. The zero-order valence-electron chi connectivity index (χ0n) is 16.9. The molecule has 3 aromatic rings. The smallest absolute Gasteiger partial charge is 0.146 e. The van der Waals surface area contributed by atoms with E-state index in [1.807, 2.05) is 25.1 Å². The lowest BCUT2D eigenvalue weighted by atomic mass is 10.0. The molecule has 1 aliphatic heterocycles. The van der Waals surface area contributed by atoms with Crippen molar-refractivity contribution in [1.82, 2.24) is 15.0 Å².